The Morgan fingerprint density at radius 2 is 1.83 bits per heavy atom. The van der Waals surface area contributed by atoms with Crippen molar-refractivity contribution in [1.29, 1.82) is 0 Å². The second-order valence-corrected chi connectivity index (χ2v) is 4.46. The number of hydrogen-bond donors (Lipinski definition) is 0. The molecule has 0 N–H and O–H groups in total. The molecule has 0 saturated heterocycles. The Hall–Kier alpha value is -2.10. The summed E-state index contributed by atoms with van der Waals surface area (Å²) in [5.74, 6) is 0.811. The van der Waals surface area contributed by atoms with Crippen LogP contribution in [0.3, 0.4) is 0 Å². The van der Waals surface area contributed by atoms with E-state index in [0.29, 0.717) is 5.56 Å². The fourth-order valence-corrected chi connectivity index (χ4v) is 2.09. The van der Waals surface area contributed by atoms with Crippen LogP contribution in [0.25, 0.3) is 0 Å². The molecule has 0 spiro atoms. The smallest absolute Gasteiger partial charge is 0.155 e. The van der Waals surface area contributed by atoms with Crippen molar-refractivity contribution in [2.75, 3.05) is 11.9 Å². The van der Waals surface area contributed by atoms with Crippen LogP contribution in [-0.4, -0.2) is 23.1 Å². The maximum atomic E-state index is 11.2. The molecule has 2 aromatic rings. The molecule has 0 radical (unpaired) electrons. The maximum Gasteiger partial charge on any atom is 0.155 e. The predicted molar refractivity (Wildman–Crippen MR) is 72.6 cm³/mol. The largest absolute Gasteiger partial charge is 0.329 e. The molecule has 4 nitrogen and oxygen atoms in total. The molecule has 1 heterocycles. The summed E-state index contributed by atoms with van der Waals surface area (Å²) in [4.78, 5) is 13.1. The first-order chi connectivity index (χ1) is 8.54. The average Bonchev–Trinajstić information content (AvgIpc) is 2.63. The highest BCUT2D eigenvalue weighted by Gasteiger charge is 2.17. The van der Waals surface area contributed by atoms with E-state index in [1.807, 2.05) is 38.1 Å². The van der Waals surface area contributed by atoms with Gasteiger partial charge in [-0.2, -0.15) is 5.10 Å². The number of aromatic nitrogens is 2. The van der Waals surface area contributed by atoms with Gasteiger partial charge in [0, 0.05) is 19.8 Å². The minimum absolute atomic E-state index is 0.639. The standard InChI is InChI=1S/C14H17N3O/c1-10-5-7-12(8-6-10)16(3)14-13(9-18)11(2)15-17(14)4/h5-9H,1-4H3. The number of aryl methyl sites for hydroxylation is 3. The topological polar surface area (TPSA) is 38.1 Å². The lowest BCUT2D eigenvalue weighted by atomic mass is 10.2. The van der Waals surface area contributed by atoms with Crippen LogP contribution in [-0.2, 0) is 7.05 Å². The third-order valence-corrected chi connectivity index (χ3v) is 3.09. The first-order valence-electron chi connectivity index (χ1n) is 5.83. The predicted octanol–water partition coefficient (Wildman–Crippen LogP) is 2.62. The third-order valence-electron chi connectivity index (χ3n) is 3.09. The molecule has 4 heteroatoms. The number of anilines is 2. The SMILES string of the molecule is Cc1ccc(N(C)c2c(C=O)c(C)nn2C)cc1. The van der Waals surface area contributed by atoms with Crippen molar-refractivity contribution in [2.24, 2.45) is 7.05 Å². The molecule has 1 aromatic heterocycles. The van der Waals surface area contributed by atoms with Crippen molar-refractivity contribution < 1.29 is 4.79 Å². The molecule has 94 valence electrons. The number of nitrogens with zero attached hydrogens (tertiary/aromatic N) is 3. The molecule has 18 heavy (non-hydrogen) atoms. The van der Waals surface area contributed by atoms with Crippen LogP contribution in [0.2, 0.25) is 0 Å². The average molecular weight is 243 g/mol. The summed E-state index contributed by atoms with van der Waals surface area (Å²) in [6, 6.07) is 8.17. The zero-order valence-corrected chi connectivity index (χ0v) is 11.1. The van der Waals surface area contributed by atoms with Gasteiger partial charge >= 0.3 is 0 Å². The van der Waals surface area contributed by atoms with Gasteiger partial charge in [-0.05, 0) is 26.0 Å². The molecule has 0 atom stereocenters. The van der Waals surface area contributed by atoms with Crippen molar-refractivity contribution in [3.05, 3.63) is 41.1 Å². The summed E-state index contributed by atoms with van der Waals surface area (Å²) in [6.45, 7) is 3.89. The van der Waals surface area contributed by atoms with E-state index in [0.717, 1.165) is 23.5 Å². The van der Waals surface area contributed by atoms with Crippen LogP contribution < -0.4 is 4.90 Å². The monoisotopic (exact) mass is 243 g/mol. The Kier molecular flexibility index (Phi) is 3.19. The van der Waals surface area contributed by atoms with Gasteiger partial charge < -0.3 is 4.90 Å². The molecule has 0 amide bonds. The van der Waals surface area contributed by atoms with E-state index in [2.05, 4.69) is 24.2 Å². The minimum Gasteiger partial charge on any atom is -0.329 e. The second kappa shape index (κ2) is 4.64. The van der Waals surface area contributed by atoms with E-state index in [4.69, 9.17) is 0 Å². The molecule has 0 aliphatic rings. The molecular weight excluding hydrogens is 226 g/mol. The van der Waals surface area contributed by atoms with Gasteiger partial charge in [0.2, 0.25) is 0 Å². The molecule has 0 aliphatic heterocycles. The van der Waals surface area contributed by atoms with E-state index in [-0.39, 0.29) is 0 Å². The van der Waals surface area contributed by atoms with Crippen LogP contribution in [0.4, 0.5) is 11.5 Å². The van der Waals surface area contributed by atoms with Crippen molar-refractivity contribution in [1.82, 2.24) is 9.78 Å². The highest BCUT2D eigenvalue weighted by Crippen LogP contribution is 2.27. The third kappa shape index (κ3) is 2.01. The van der Waals surface area contributed by atoms with E-state index in [9.17, 15) is 4.79 Å². The van der Waals surface area contributed by atoms with Crippen LogP contribution in [0.5, 0.6) is 0 Å². The fourth-order valence-electron chi connectivity index (χ4n) is 2.09. The summed E-state index contributed by atoms with van der Waals surface area (Å²) < 4.78 is 1.74. The quantitative estimate of drug-likeness (QED) is 0.778. The highest BCUT2D eigenvalue weighted by atomic mass is 16.1. The molecule has 0 saturated carbocycles. The Morgan fingerprint density at radius 1 is 1.22 bits per heavy atom. The minimum atomic E-state index is 0.639. The van der Waals surface area contributed by atoms with Crippen LogP contribution in [0.1, 0.15) is 21.6 Å². The summed E-state index contributed by atoms with van der Waals surface area (Å²) in [5.41, 5.74) is 3.64. The van der Waals surface area contributed by atoms with Gasteiger partial charge in [0.25, 0.3) is 0 Å². The van der Waals surface area contributed by atoms with Crippen LogP contribution in [0.15, 0.2) is 24.3 Å². The number of carbonyl (C=O) groups is 1. The Labute approximate surface area is 107 Å². The normalized spacial score (nSPS) is 10.4. The van der Waals surface area contributed by atoms with Crippen molar-refractivity contribution in [3.63, 3.8) is 0 Å². The summed E-state index contributed by atoms with van der Waals surface area (Å²) >= 11 is 0. The van der Waals surface area contributed by atoms with E-state index < -0.39 is 0 Å². The summed E-state index contributed by atoms with van der Waals surface area (Å²) in [7, 11) is 3.79. The Bertz CT molecular complexity index is 569. The van der Waals surface area contributed by atoms with E-state index in [1.165, 1.54) is 5.56 Å². The van der Waals surface area contributed by atoms with Crippen molar-refractivity contribution >= 4 is 17.8 Å². The van der Waals surface area contributed by atoms with Crippen LogP contribution >= 0.6 is 0 Å². The molecule has 1 aromatic carbocycles. The lowest BCUT2D eigenvalue weighted by molar-refractivity contribution is 0.112. The second-order valence-electron chi connectivity index (χ2n) is 4.46. The van der Waals surface area contributed by atoms with Gasteiger partial charge in [0.05, 0.1) is 11.3 Å². The van der Waals surface area contributed by atoms with Crippen LogP contribution in [0, 0.1) is 13.8 Å². The molecule has 0 unspecified atom stereocenters. The lowest BCUT2D eigenvalue weighted by Gasteiger charge is -2.20. The molecule has 0 fully saturated rings. The zero-order valence-electron chi connectivity index (χ0n) is 11.1. The number of carbonyl (C=O) groups excluding carboxylic acids is 1. The van der Waals surface area contributed by atoms with E-state index >= 15 is 0 Å². The Morgan fingerprint density at radius 3 is 2.39 bits per heavy atom. The number of aldehydes is 1. The van der Waals surface area contributed by atoms with Gasteiger partial charge in [0.1, 0.15) is 5.82 Å². The molecular formula is C14H17N3O. The zero-order chi connectivity index (χ0) is 13.3. The first kappa shape index (κ1) is 12.4. The summed E-state index contributed by atoms with van der Waals surface area (Å²) in [6.07, 6.45) is 0.863. The summed E-state index contributed by atoms with van der Waals surface area (Å²) in [5, 5.41) is 4.29. The van der Waals surface area contributed by atoms with Gasteiger partial charge in [-0.3, -0.25) is 9.48 Å². The van der Waals surface area contributed by atoms with Gasteiger partial charge in [0.15, 0.2) is 6.29 Å². The number of hydrogen-bond acceptors (Lipinski definition) is 3. The van der Waals surface area contributed by atoms with E-state index in [1.54, 1.807) is 4.68 Å². The maximum absolute atomic E-state index is 11.2. The molecule has 2 rings (SSSR count). The highest BCUT2D eigenvalue weighted by molar-refractivity contribution is 5.86. The molecule has 0 bridgehead atoms. The van der Waals surface area contributed by atoms with Gasteiger partial charge in [-0.15, -0.1) is 0 Å². The van der Waals surface area contributed by atoms with Crippen molar-refractivity contribution in [3.8, 4) is 0 Å². The fraction of sp³-hybridized carbons (Fsp3) is 0.286. The lowest BCUT2D eigenvalue weighted by Crippen LogP contribution is -2.15. The number of benzene rings is 1. The number of rotatable bonds is 3. The Balaban J connectivity index is 2.48. The van der Waals surface area contributed by atoms with Crippen molar-refractivity contribution in [2.45, 2.75) is 13.8 Å². The van der Waals surface area contributed by atoms with Gasteiger partial charge in [-0.1, -0.05) is 17.7 Å². The van der Waals surface area contributed by atoms with Gasteiger partial charge in [-0.25, -0.2) is 0 Å². The molecule has 0 aliphatic carbocycles. The first-order valence-corrected chi connectivity index (χ1v) is 5.83.